The number of hydrogen-bond donors (Lipinski definition) is 4. The number of rotatable bonds is 21. The summed E-state index contributed by atoms with van der Waals surface area (Å²) in [5.41, 5.74) is 2.85. The molecule has 4 N–H and O–H groups in total. The van der Waals surface area contributed by atoms with Crippen LogP contribution in [0.15, 0.2) is 111 Å². The molecule has 0 saturated carbocycles. The predicted molar refractivity (Wildman–Crippen MR) is 264 cm³/mol. The van der Waals surface area contributed by atoms with E-state index in [0.29, 0.717) is 52.8 Å². The van der Waals surface area contributed by atoms with Crippen LogP contribution in [0, 0.1) is 0 Å². The first-order chi connectivity index (χ1) is 32.6. The Morgan fingerprint density at radius 3 is 1.38 bits per heavy atom. The highest BCUT2D eigenvalue weighted by molar-refractivity contribution is 6.37. The van der Waals surface area contributed by atoms with E-state index in [-0.39, 0.29) is 61.6 Å². The van der Waals surface area contributed by atoms with E-state index in [0.717, 1.165) is 13.8 Å². The summed E-state index contributed by atoms with van der Waals surface area (Å²) in [6.07, 6.45) is 0. The second-order valence-electron chi connectivity index (χ2n) is 14.4. The zero-order valence-electron chi connectivity index (χ0n) is 36.8. The number of carbonyl (C=O) groups is 6. The molecule has 5 aromatic rings. The van der Waals surface area contributed by atoms with Crippen LogP contribution in [0.2, 0.25) is 10.0 Å². The van der Waals surface area contributed by atoms with Crippen molar-refractivity contribution in [1.82, 2.24) is 0 Å². The highest BCUT2D eigenvalue weighted by Crippen LogP contribution is 2.33. The lowest BCUT2D eigenvalue weighted by atomic mass is 10.1. The van der Waals surface area contributed by atoms with Crippen LogP contribution in [0.25, 0.3) is 0 Å². The molecular formula is C47H43Cl5N8O8. The molecule has 0 fully saturated rings. The van der Waals surface area contributed by atoms with Crippen LogP contribution < -0.4 is 30.7 Å². The van der Waals surface area contributed by atoms with Crippen molar-refractivity contribution in [2.75, 3.05) is 34.5 Å². The number of halogens is 5. The van der Waals surface area contributed by atoms with Crippen molar-refractivity contribution in [2.45, 2.75) is 57.4 Å². The Bertz CT molecular complexity index is 2790. The fraction of sp³-hybridized carbons (Fsp3) is 0.234. The van der Waals surface area contributed by atoms with Gasteiger partial charge in [-0.2, -0.15) is 20.5 Å². The Labute approximate surface area is 416 Å². The first-order valence-electron chi connectivity index (χ1n) is 20.6. The predicted octanol–water partition coefficient (Wildman–Crippen LogP) is 11.9. The smallest absolute Gasteiger partial charge is 0.258 e. The molecule has 0 aliphatic rings. The van der Waals surface area contributed by atoms with E-state index in [9.17, 15) is 28.8 Å². The number of azo groups is 2. The molecule has 5 rings (SSSR count). The number of nitrogens with zero attached hydrogens (tertiary/aromatic N) is 4. The minimum atomic E-state index is -1.65. The van der Waals surface area contributed by atoms with Gasteiger partial charge in [-0.15, -0.1) is 34.8 Å². The van der Waals surface area contributed by atoms with E-state index in [1.807, 2.05) is 13.8 Å². The number of benzene rings is 5. The maximum absolute atomic E-state index is 13.5. The van der Waals surface area contributed by atoms with Crippen LogP contribution in [-0.2, 0) is 36.8 Å². The fourth-order valence-electron chi connectivity index (χ4n) is 6.21. The molecule has 0 saturated heterocycles. The summed E-state index contributed by atoms with van der Waals surface area (Å²) in [5.74, 6) is -3.11. The quantitative estimate of drug-likeness (QED) is 0.0314. The lowest BCUT2D eigenvalue weighted by molar-refractivity contribution is -0.127. The number of ketones is 2. The molecule has 4 amide bonds. The Hall–Kier alpha value is -6.43. The van der Waals surface area contributed by atoms with Gasteiger partial charge in [-0.05, 0) is 99.0 Å². The molecule has 0 spiro atoms. The van der Waals surface area contributed by atoms with E-state index in [2.05, 4.69) is 41.7 Å². The largest absolute Gasteiger partial charge is 0.494 e. The number of hydrogen-bond acceptors (Lipinski definition) is 12. The van der Waals surface area contributed by atoms with Gasteiger partial charge >= 0.3 is 0 Å². The van der Waals surface area contributed by atoms with Crippen molar-refractivity contribution in [2.24, 2.45) is 20.5 Å². The summed E-state index contributed by atoms with van der Waals surface area (Å²) < 4.78 is 11.1. The number of nitrogens with one attached hydrogen (secondary N) is 4. The van der Waals surface area contributed by atoms with Crippen molar-refractivity contribution < 1.29 is 38.2 Å². The molecule has 5 aromatic carbocycles. The molecule has 68 heavy (non-hydrogen) atoms. The zero-order chi connectivity index (χ0) is 49.5. The van der Waals surface area contributed by atoms with Crippen molar-refractivity contribution in [1.29, 1.82) is 0 Å². The minimum Gasteiger partial charge on any atom is -0.494 e. The molecule has 0 aliphatic heterocycles. The van der Waals surface area contributed by atoms with Gasteiger partial charge in [0.2, 0.25) is 12.1 Å². The van der Waals surface area contributed by atoms with E-state index in [4.69, 9.17) is 67.5 Å². The molecule has 354 valence electrons. The van der Waals surface area contributed by atoms with Crippen LogP contribution in [0.1, 0.15) is 65.1 Å². The topological polar surface area (TPSA) is 218 Å². The molecule has 0 bridgehead atoms. The lowest BCUT2D eigenvalue weighted by Crippen LogP contribution is -2.32. The second-order valence-corrected chi connectivity index (χ2v) is 16.0. The van der Waals surface area contributed by atoms with Gasteiger partial charge in [0.15, 0.2) is 11.6 Å². The summed E-state index contributed by atoms with van der Waals surface area (Å²) in [5, 5.41) is 26.6. The molecular weight excluding hydrogens is 982 g/mol. The molecule has 2 atom stereocenters. The third-order valence-corrected chi connectivity index (χ3v) is 11.3. The number of alkyl halides is 3. The average Bonchev–Trinajstić information content (AvgIpc) is 3.30. The molecule has 0 aliphatic carbocycles. The Kier molecular flexibility index (Phi) is 19.4. The summed E-state index contributed by atoms with van der Waals surface area (Å²) in [6, 6.07) is 20.0. The second kappa shape index (κ2) is 25.1. The summed E-state index contributed by atoms with van der Waals surface area (Å²) in [4.78, 5) is 78.9. The third-order valence-electron chi connectivity index (χ3n) is 9.62. The SMILES string of the molecule is CCOc1ccc(CCl)c(NC(=O)c2cccc(N=NC(C(C)=O)C(=O)Nc3ccc(NC(=O)C(N=Nc4cccc(C(=O)Nc5cc(OCC)ccc5CCl)c4Cl)C(C)=O)c(CCl)c3)c2Cl)c1. The van der Waals surface area contributed by atoms with Gasteiger partial charge in [0.25, 0.3) is 23.6 Å². The number of Topliss-reactive ketones (excluding diaryl/α,β-unsaturated/α-hetero) is 2. The molecule has 0 radical (unpaired) electrons. The minimum absolute atomic E-state index is 0.00490. The molecule has 16 nitrogen and oxygen atoms in total. The van der Waals surface area contributed by atoms with E-state index >= 15 is 0 Å². The number of anilines is 4. The molecule has 0 aromatic heterocycles. The average molecular weight is 1030 g/mol. The van der Waals surface area contributed by atoms with Gasteiger partial charge in [-0.25, -0.2) is 0 Å². The summed E-state index contributed by atoms with van der Waals surface area (Å²) in [6.45, 7) is 6.78. The van der Waals surface area contributed by atoms with Crippen molar-refractivity contribution in [3.8, 4) is 11.5 Å². The van der Waals surface area contributed by atoms with E-state index in [1.165, 1.54) is 54.6 Å². The Morgan fingerprint density at radius 2 is 0.971 bits per heavy atom. The van der Waals surface area contributed by atoms with Crippen LogP contribution in [0.4, 0.5) is 34.1 Å². The standard InChI is InChI=1S/C47H43Cl5N8O8/c1-5-67-31-16-13-27(22-48)38(20-31)55-44(63)33-9-7-11-36(40(33)51)57-59-42(25(3)61)46(65)53-30-15-18-35(29(19-30)24-50)54-47(66)43(26(4)62)60-58-37-12-8-10-34(41(37)52)45(64)56-39-21-32(68-6-2)17-14-28(39)23-49/h7-21,42-43H,5-6,22-24H2,1-4H3,(H,53,65)(H,54,66)(H,55,63)(H,56,64). The highest BCUT2D eigenvalue weighted by Gasteiger charge is 2.27. The molecule has 2 unspecified atom stereocenters. The van der Waals surface area contributed by atoms with Gasteiger partial charge in [0.1, 0.15) is 22.9 Å². The van der Waals surface area contributed by atoms with Gasteiger partial charge in [0.05, 0.1) is 34.4 Å². The van der Waals surface area contributed by atoms with Crippen LogP contribution in [-0.4, -0.2) is 60.5 Å². The van der Waals surface area contributed by atoms with Crippen molar-refractivity contribution in [3.63, 3.8) is 0 Å². The Morgan fingerprint density at radius 1 is 0.529 bits per heavy atom. The van der Waals surface area contributed by atoms with Crippen LogP contribution >= 0.6 is 58.0 Å². The maximum Gasteiger partial charge on any atom is 0.258 e. The highest BCUT2D eigenvalue weighted by atomic mass is 35.5. The van der Waals surface area contributed by atoms with Crippen LogP contribution in [0.3, 0.4) is 0 Å². The van der Waals surface area contributed by atoms with E-state index < -0.39 is 47.3 Å². The summed E-state index contributed by atoms with van der Waals surface area (Å²) >= 11 is 31.6. The normalized spacial score (nSPS) is 12.0. The Balaban J connectivity index is 1.27. The first-order valence-corrected chi connectivity index (χ1v) is 22.9. The van der Waals surface area contributed by atoms with Crippen molar-refractivity contribution in [3.05, 3.63) is 129 Å². The molecule has 0 heterocycles. The fourth-order valence-corrected chi connectivity index (χ4v) is 7.39. The van der Waals surface area contributed by atoms with Gasteiger partial charge in [-0.3, -0.25) is 28.8 Å². The van der Waals surface area contributed by atoms with Crippen LogP contribution in [0.5, 0.6) is 11.5 Å². The number of carbonyl (C=O) groups excluding carboxylic acids is 6. The lowest BCUT2D eigenvalue weighted by Gasteiger charge is -2.15. The third kappa shape index (κ3) is 13.6. The molecule has 21 heteroatoms. The van der Waals surface area contributed by atoms with Gasteiger partial charge in [0, 0.05) is 52.5 Å². The summed E-state index contributed by atoms with van der Waals surface area (Å²) in [7, 11) is 0. The van der Waals surface area contributed by atoms with Gasteiger partial charge < -0.3 is 30.7 Å². The van der Waals surface area contributed by atoms with Crippen molar-refractivity contribution >= 4 is 127 Å². The number of ether oxygens (including phenoxy) is 2. The first kappa shape index (κ1) is 52.5. The number of amides is 4. The van der Waals surface area contributed by atoms with Gasteiger partial charge in [-0.1, -0.05) is 47.5 Å². The maximum atomic E-state index is 13.5. The zero-order valence-corrected chi connectivity index (χ0v) is 40.6. The van der Waals surface area contributed by atoms with E-state index in [1.54, 1.807) is 36.4 Å². The monoisotopic (exact) mass is 1020 g/mol.